The number of nitrogens with two attached hydrogens (primary N) is 1. The Morgan fingerprint density at radius 3 is 2.63 bits per heavy atom. The molecule has 0 bridgehead atoms. The van der Waals surface area contributed by atoms with E-state index >= 15 is 0 Å². The molecule has 0 spiro atoms. The molecular formula is C14H28N2O3. The molecule has 0 saturated carbocycles. The molecule has 3 N–H and O–H groups in total. The summed E-state index contributed by atoms with van der Waals surface area (Å²) in [5.74, 6) is 0.861. The number of ether oxygens (including phenoxy) is 1. The van der Waals surface area contributed by atoms with Crippen LogP contribution < -0.4 is 5.73 Å². The molecule has 1 amide bonds. The van der Waals surface area contributed by atoms with Crippen molar-refractivity contribution in [3.8, 4) is 0 Å². The third-order valence-electron chi connectivity index (χ3n) is 3.57. The van der Waals surface area contributed by atoms with Crippen LogP contribution in [-0.4, -0.2) is 47.4 Å². The van der Waals surface area contributed by atoms with Gasteiger partial charge < -0.3 is 20.5 Å². The molecule has 1 fully saturated rings. The van der Waals surface area contributed by atoms with E-state index < -0.39 is 5.60 Å². The van der Waals surface area contributed by atoms with Crippen molar-refractivity contribution in [1.29, 1.82) is 0 Å². The first kappa shape index (κ1) is 16.2. The molecule has 3 unspecified atom stereocenters. The smallest absolute Gasteiger partial charge is 0.410 e. The Kier molecular flexibility index (Phi) is 5.62. The van der Waals surface area contributed by atoms with Gasteiger partial charge in [-0.05, 0) is 45.4 Å². The monoisotopic (exact) mass is 272 g/mol. The first-order valence-corrected chi connectivity index (χ1v) is 7.07. The zero-order valence-electron chi connectivity index (χ0n) is 12.6. The van der Waals surface area contributed by atoms with Crippen LogP contribution in [0.3, 0.4) is 0 Å². The zero-order chi connectivity index (χ0) is 14.6. The van der Waals surface area contributed by atoms with E-state index in [-0.39, 0.29) is 18.7 Å². The molecule has 3 atom stereocenters. The summed E-state index contributed by atoms with van der Waals surface area (Å²) in [4.78, 5) is 13.8. The number of amides is 1. The fourth-order valence-corrected chi connectivity index (χ4v) is 2.50. The van der Waals surface area contributed by atoms with Crippen molar-refractivity contribution in [3.05, 3.63) is 0 Å². The molecule has 0 aromatic rings. The van der Waals surface area contributed by atoms with Crippen molar-refractivity contribution < 1.29 is 14.6 Å². The summed E-state index contributed by atoms with van der Waals surface area (Å²) in [7, 11) is 0. The van der Waals surface area contributed by atoms with Gasteiger partial charge in [0.15, 0.2) is 0 Å². The molecule has 0 radical (unpaired) electrons. The molecule has 112 valence electrons. The lowest BCUT2D eigenvalue weighted by atomic mass is 9.82. The highest BCUT2D eigenvalue weighted by atomic mass is 16.6. The molecule has 1 heterocycles. The summed E-state index contributed by atoms with van der Waals surface area (Å²) < 4.78 is 5.39. The van der Waals surface area contributed by atoms with Crippen molar-refractivity contribution >= 4 is 6.09 Å². The van der Waals surface area contributed by atoms with E-state index in [1.165, 1.54) is 0 Å². The summed E-state index contributed by atoms with van der Waals surface area (Å²) in [6, 6.07) is -0.152. The maximum atomic E-state index is 12.0. The second kappa shape index (κ2) is 6.57. The van der Waals surface area contributed by atoms with Crippen molar-refractivity contribution in [2.24, 2.45) is 17.6 Å². The predicted molar refractivity (Wildman–Crippen MR) is 74.8 cm³/mol. The maximum absolute atomic E-state index is 12.0. The van der Waals surface area contributed by atoms with Gasteiger partial charge in [-0.25, -0.2) is 4.79 Å². The standard InChI is InChI=1S/C14H28N2O3/c1-10-8-16(13(18)19-14(2,3)4)6-5-11(10)7-12(15)9-17/h10-12,17H,5-9,15H2,1-4H3. The Morgan fingerprint density at radius 1 is 1.53 bits per heavy atom. The van der Waals surface area contributed by atoms with Gasteiger partial charge in [0.1, 0.15) is 5.60 Å². The molecule has 1 rings (SSSR count). The lowest BCUT2D eigenvalue weighted by Gasteiger charge is -2.38. The highest BCUT2D eigenvalue weighted by Gasteiger charge is 2.31. The van der Waals surface area contributed by atoms with E-state index in [9.17, 15) is 4.79 Å². The van der Waals surface area contributed by atoms with Crippen molar-refractivity contribution in [3.63, 3.8) is 0 Å². The Balaban J connectivity index is 2.47. The number of hydrogen-bond donors (Lipinski definition) is 2. The molecule has 0 aromatic heterocycles. The van der Waals surface area contributed by atoms with Gasteiger partial charge in [-0.2, -0.15) is 0 Å². The second-order valence-corrected chi connectivity index (χ2v) is 6.63. The van der Waals surface area contributed by atoms with Crippen molar-refractivity contribution in [2.75, 3.05) is 19.7 Å². The Hall–Kier alpha value is -0.810. The highest BCUT2D eigenvalue weighted by molar-refractivity contribution is 5.68. The van der Waals surface area contributed by atoms with Crippen molar-refractivity contribution in [1.82, 2.24) is 4.90 Å². The molecule has 1 aliphatic rings. The van der Waals surface area contributed by atoms with Gasteiger partial charge in [-0.1, -0.05) is 6.92 Å². The molecular weight excluding hydrogens is 244 g/mol. The fourth-order valence-electron chi connectivity index (χ4n) is 2.50. The molecule has 5 heteroatoms. The zero-order valence-corrected chi connectivity index (χ0v) is 12.6. The van der Waals surface area contributed by atoms with Crippen LogP contribution in [0, 0.1) is 11.8 Å². The van der Waals surface area contributed by atoms with Crippen molar-refractivity contribution in [2.45, 2.75) is 52.2 Å². The molecule has 0 aliphatic carbocycles. The van der Waals surface area contributed by atoms with E-state index in [0.717, 1.165) is 12.8 Å². The molecule has 1 saturated heterocycles. The number of piperidine rings is 1. The third-order valence-corrected chi connectivity index (χ3v) is 3.57. The van der Waals surface area contributed by atoms with Crippen LogP contribution in [-0.2, 0) is 4.74 Å². The van der Waals surface area contributed by atoms with Crippen LogP contribution in [0.1, 0.15) is 40.5 Å². The Labute approximate surface area is 116 Å². The number of carbonyl (C=O) groups excluding carboxylic acids is 1. The van der Waals surface area contributed by atoms with Crippen LogP contribution in [0.15, 0.2) is 0 Å². The molecule has 5 nitrogen and oxygen atoms in total. The minimum absolute atomic E-state index is 0.0268. The number of aliphatic hydroxyl groups is 1. The minimum Gasteiger partial charge on any atom is -0.444 e. The lowest BCUT2D eigenvalue weighted by Crippen LogP contribution is -2.46. The van der Waals surface area contributed by atoms with Gasteiger partial charge in [0.05, 0.1) is 6.61 Å². The summed E-state index contributed by atoms with van der Waals surface area (Å²) in [5.41, 5.74) is 5.34. The van der Waals surface area contributed by atoms with Crippen LogP contribution in [0.5, 0.6) is 0 Å². The van der Waals surface area contributed by atoms with Gasteiger partial charge >= 0.3 is 6.09 Å². The predicted octanol–water partition coefficient (Wildman–Crippen LogP) is 1.59. The summed E-state index contributed by atoms with van der Waals surface area (Å²) in [5, 5.41) is 9.01. The average Bonchev–Trinajstić information content (AvgIpc) is 2.29. The number of hydrogen-bond acceptors (Lipinski definition) is 4. The number of rotatable bonds is 3. The lowest BCUT2D eigenvalue weighted by molar-refractivity contribution is 0.0103. The average molecular weight is 272 g/mol. The number of nitrogens with zero attached hydrogens (tertiary/aromatic N) is 1. The molecule has 19 heavy (non-hydrogen) atoms. The number of carbonyl (C=O) groups is 1. The first-order chi connectivity index (χ1) is 8.73. The summed E-state index contributed by atoms with van der Waals surface area (Å²) >= 11 is 0. The minimum atomic E-state index is -0.448. The van der Waals surface area contributed by atoms with Crippen LogP contribution in [0.25, 0.3) is 0 Å². The van der Waals surface area contributed by atoms with Gasteiger partial charge in [-0.3, -0.25) is 0 Å². The van der Waals surface area contributed by atoms with Crippen LogP contribution in [0.4, 0.5) is 4.79 Å². The Morgan fingerprint density at radius 2 is 2.16 bits per heavy atom. The largest absolute Gasteiger partial charge is 0.444 e. The van der Waals surface area contributed by atoms with Crippen LogP contribution >= 0.6 is 0 Å². The van der Waals surface area contributed by atoms with Gasteiger partial charge in [0.2, 0.25) is 0 Å². The summed E-state index contributed by atoms with van der Waals surface area (Å²) in [6.45, 7) is 9.20. The van der Waals surface area contributed by atoms with Crippen LogP contribution in [0.2, 0.25) is 0 Å². The van der Waals surface area contributed by atoms with Gasteiger partial charge in [-0.15, -0.1) is 0 Å². The fraction of sp³-hybridized carbons (Fsp3) is 0.929. The van der Waals surface area contributed by atoms with E-state index in [1.807, 2.05) is 20.8 Å². The number of aliphatic hydroxyl groups excluding tert-OH is 1. The van der Waals surface area contributed by atoms with E-state index in [4.69, 9.17) is 15.6 Å². The van der Waals surface area contributed by atoms with Gasteiger partial charge in [0.25, 0.3) is 0 Å². The van der Waals surface area contributed by atoms with Gasteiger partial charge in [0, 0.05) is 19.1 Å². The molecule has 1 aliphatic heterocycles. The second-order valence-electron chi connectivity index (χ2n) is 6.63. The van der Waals surface area contributed by atoms with E-state index in [2.05, 4.69) is 6.92 Å². The third kappa shape index (κ3) is 5.37. The van der Waals surface area contributed by atoms with E-state index in [1.54, 1.807) is 4.90 Å². The molecule has 0 aromatic carbocycles. The normalized spacial score (nSPS) is 26.1. The topological polar surface area (TPSA) is 75.8 Å². The number of likely N-dealkylation sites (tertiary alicyclic amines) is 1. The summed E-state index contributed by atoms with van der Waals surface area (Å²) in [6.07, 6.45) is 1.51. The van der Waals surface area contributed by atoms with E-state index in [0.29, 0.717) is 24.9 Å². The quantitative estimate of drug-likeness (QED) is 0.818. The highest BCUT2D eigenvalue weighted by Crippen LogP contribution is 2.27. The SMILES string of the molecule is CC1CN(C(=O)OC(C)(C)C)CCC1CC(N)CO. The Bertz CT molecular complexity index is 302. The first-order valence-electron chi connectivity index (χ1n) is 7.07. The maximum Gasteiger partial charge on any atom is 0.410 e.